The minimum atomic E-state index is -0.482. The summed E-state index contributed by atoms with van der Waals surface area (Å²) in [5.41, 5.74) is 6.67. The maximum atomic E-state index is 10.9. The van der Waals surface area contributed by atoms with E-state index in [2.05, 4.69) is 5.32 Å². The molecule has 0 heterocycles. The number of rotatable bonds is 1. The van der Waals surface area contributed by atoms with Gasteiger partial charge in [0.1, 0.15) is 0 Å². The number of amides is 1. The van der Waals surface area contributed by atoms with Gasteiger partial charge in [0.05, 0.1) is 11.6 Å². The van der Waals surface area contributed by atoms with Crippen LogP contribution in [-0.2, 0) is 4.79 Å². The van der Waals surface area contributed by atoms with Crippen molar-refractivity contribution in [2.45, 2.75) is 32.4 Å². The first-order valence-corrected chi connectivity index (χ1v) is 4.35. The van der Waals surface area contributed by atoms with E-state index < -0.39 is 5.54 Å². The predicted octanol–water partition coefficient (Wildman–Crippen LogP) is 0.725. The van der Waals surface area contributed by atoms with Crippen molar-refractivity contribution in [2.75, 3.05) is 0 Å². The van der Waals surface area contributed by atoms with Gasteiger partial charge in [-0.25, -0.2) is 0 Å². The quantitative estimate of drug-likeness (QED) is 0.625. The standard InChI is InChI=1S/C10H16N2O/c1-7-4-5-9(12-8(2)13)10(3,11)6-7/h4-6,9H,11H2,1-3H3,(H,12,13). The van der Waals surface area contributed by atoms with Gasteiger partial charge in [-0.15, -0.1) is 0 Å². The lowest BCUT2D eigenvalue weighted by Gasteiger charge is -2.32. The molecule has 13 heavy (non-hydrogen) atoms. The first-order valence-electron chi connectivity index (χ1n) is 4.35. The summed E-state index contributed by atoms with van der Waals surface area (Å²) in [5, 5.41) is 2.80. The summed E-state index contributed by atoms with van der Waals surface area (Å²) in [6.45, 7) is 5.39. The van der Waals surface area contributed by atoms with E-state index in [0.29, 0.717) is 0 Å². The maximum absolute atomic E-state index is 10.9. The number of hydrogen-bond acceptors (Lipinski definition) is 2. The van der Waals surface area contributed by atoms with Gasteiger partial charge in [0.15, 0.2) is 0 Å². The van der Waals surface area contributed by atoms with E-state index in [9.17, 15) is 4.79 Å². The summed E-state index contributed by atoms with van der Waals surface area (Å²) in [5.74, 6) is -0.0562. The molecule has 0 radical (unpaired) electrons. The molecule has 1 rings (SSSR count). The summed E-state index contributed by atoms with van der Waals surface area (Å²) in [4.78, 5) is 10.9. The Kier molecular flexibility index (Phi) is 2.57. The summed E-state index contributed by atoms with van der Waals surface area (Å²) < 4.78 is 0. The zero-order valence-corrected chi connectivity index (χ0v) is 8.29. The summed E-state index contributed by atoms with van der Waals surface area (Å²) in [6.07, 6.45) is 5.86. The Bertz CT molecular complexity index is 277. The molecule has 0 aromatic rings. The minimum Gasteiger partial charge on any atom is -0.348 e. The Morgan fingerprint density at radius 2 is 2.31 bits per heavy atom. The van der Waals surface area contributed by atoms with E-state index >= 15 is 0 Å². The zero-order valence-electron chi connectivity index (χ0n) is 8.29. The minimum absolute atomic E-state index is 0.0562. The lowest BCUT2D eigenvalue weighted by atomic mass is 9.86. The van der Waals surface area contributed by atoms with Crippen LogP contribution in [0.2, 0.25) is 0 Å². The van der Waals surface area contributed by atoms with Crippen molar-refractivity contribution in [3.63, 3.8) is 0 Å². The van der Waals surface area contributed by atoms with Crippen LogP contribution in [0.1, 0.15) is 20.8 Å². The number of carbonyl (C=O) groups excluding carboxylic acids is 1. The highest BCUT2D eigenvalue weighted by molar-refractivity contribution is 5.74. The Labute approximate surface area is 78.7 Å². The number of nitrogens with two attached hydrogens (primary N) is 1. The van der Waals surface area contributed by atoms with Gasteiger partial charge in [0, 0.05) is 6.92 Å². The lowest BCUT2D eigenvalue weighted by Crippen LogP contribution is -2.55. The van der Waals surface area contributed by atoms with Gasteiger partial charge in [0.2, 0.25) is 5.91 Å². The highest BCUT2D eigenvalue weighted by Gasteiger charge is 2.28. The number of allylic oxidation sites excluding steroid dienone is 2. The largest absolute Gasteiger partial charge is 0.348 e. The van der Waals surface area contributed by atoms with Crippen molar-refractivity contribution in [3.8, 4) is 0 Å². The average Bonchev–Trinajstić information content (AvgIpc) is 1.93. The molecule has 0 aliphatic heterocycles. The van der Waals surface area contributed by atoms with E-state index in [4.69, 9.17) is 5.73 Å². The maximum Gasteiger partial charge on any atom is 0.217 e. The molecule has 1 aliphatic rings. The van der Waals surface area contributed by atoms with E-state index in [1.165, 1.54) is 6.92 Å². The Balaban J connectivity index is 2.79. The molecule has 2 atom stereocenters. The van der Waals surface area contributed by atoms with Crippen LogP contribution in [0, 0.1) is 0 Å². The normalized spacial score (nSPS) is 32.6. The molecule has 1 aliphatic carbocycles. The molecule has 72 valence electrons. The highest BCUT2D eigenvalue weighted by Crippen LogP contribution is 2.18. The molecule has 0 aromatic carbocycles. The van der Waals surface area contributed by atoms with Gasteiger partial charge in [-0.2, -0.15) is 0 Å². The lowest BCUT2D eigenvalue weighted by molar-refractivity contribution is -0.119. The third-order valence-corrected chi connectivity index (χ3v) is 2.12. The number of nitrogens with one attached hydrogen (secondary N) is 1. The molecule has 3 heteroatoms. The molecule has 0 fully saturated rings. The molecule has 2 unspecified atom stereocenters. The van der Waals surface area contributed by atoms with Gasteiger partial charge in [-0.3, -0.25) is 4.79 Å². The van der Waals surface area contributed by atoms with Crippen molar-refractivity contribution in [3.05, 3.63) is 23.8 Å². The van der Waals surface area contributed by atoms with Gasteiger partial charge in [-0.05, 0) is 13.8 Å². The molecule has 0 saturated carbocycles. The van der Waals surface area contributed by atoms with E-state index in [1.54, 1.807) is 0 Å². The highest BCUT2D eigenvalue weighted by atomic mass is 16.1. The topological polar surface area (TPSA) is 55.1 Å². The fourth-order valence-electron chi connectivity index (χ4n) is 1.51. The zero-order chi connectivity index (χ0) is 10.1. The Hall–Kier alpha value is -1.09. The molecule has 0 spiro atoms. The van der Waals surface area contributed by atoms with Crippen molar-refractivity contribution in [2.24, 2.45) is 5.73 Å². The SMILES string of the molecule is CC(=O)NC1C=CC(C)=CC1(C)N. The monoisotopic (exact) mass is 180 g/mol. The van der Waals surface area contributed by atoms with Gasteiger partial charge < -0.3 is 11.1 Å². The second-order valence-electron chi connectivity index (χ2n) is 3.79. The van der Waals surface area contributed by atoms with Crippen molar-refractivity contribution in [1.29, 1.82) is 0 Å². The molecule has 3 nitrogen and oxygen atoms in total. The molecule has 0 saturated heterocycles. The fourth-order valence-corrected chi connectivity index (χ4v) is 1.51. The van der Waals surface area contributed by atoms with Crippen LogP contribution >= 0.6 is 0 Å². The van der Waals surface area contributed by atoms with Crippen LogP contribution in [0.4, 0.5) is 0 Å². The van der Waals surface area contributed by atoms with Crippen LogP contribution in [0.3, 0.4) is 0 Å². The van der Waals surface area contributed by atoms with Crippen LogP contribution in [0.5, 0.6) is 0 Å². The van der Waals surface area contributed by atoms with Gasteiger partial charge >= 0.3 is 0 Å². The molecule has 1 amide bonds. The Morgan fingerprint density at radius 3 is 2.77 bits per heavy atom. The van der Waals surface area contributed by atoms with E-state index in [1.807, 2.05) is 32.1 Å². The third-order valence-electron chi connectivity index (χ3n) is 2.12. The summed E-state index contributed by atoms with van der Waals surface area (Å²) in [7, 11) is 0. The second-order valence-corrected chi connectivity index (χ2v) is 3.79. The summed E-state index contributed by atoms with van der Waals surface area (Å²) >= 11 is 0. The van der Waals surface area contributed by atoms with Crippen molar-refractivity contribution >= 4 is 5.91 Å². The van der Waals surface area contributed by atoms with Crippen molar-refractivity contribution in [1.82, 2.24) is 5.32 Å². The number of carbonyl (C=O) groups is 1. The second kappa shape index (κ2) is 3.34. The van der Waals surface area contributed by atoms with Crippen LogP contribution < -0.4 is 11.1 Å². The molecular weight excluding hydrogens is 164 g/mol. The number of hydrogen-bond donors (Lipinski definition) is 2. The van der Waals surface area contributed by atoms with Crippen molar-refractivity contribution < 1.29 is 4.79 Å². The first kappa shape index (κ1) is 9.99. The van der Waals surface area contributed by atoms with Gasteiger partial charge in [0.25, 0.3) is 0 Å². The summed E-state index contributed by atoms with van der Waals surface area (Å²) in [6, 6.07) is -0.103. The van der Waals surface area contributed by atoms with E-state index in [-0.39, 0.29) is 11.9 Å². The average molecular weight is 180 g/mol. The molecule has 0 bridgehead atoms. The van der Waals surface area contributed by atoms with E-state index in [0.717, 1.165) is 5.57 Å². The molecule has 0 aromatic heterocycles. The molecule has 3 N–H and O–H groups in total. The molecular formula is C10H16N2O. The van der Waals surface area contributed by atoms with Crippen LogP contribution in [-0.4, -0.2) is 17.5 Å². The van der Waals surface area contributed by atoms with Gasteiger partial charge in [-0.1, -0.05) is 23.8 Å². The fraction of sp³-hybridized carbons (Fsp3) is 0.500. The first-order chi connectivity index (χ1) is 5.92. The van der Waals surface area contributed by atoms with Crippen LogP contribution in [0.15, 0.2) is 23.8 Å². The smallest absolute Gasteiger partial charge is 0.217 e. The Morgan fingerprint density at radius 1 is 1.69 bits per heavy atom. The predicted molar refractivity (Wildman–Crippen MR) is 53.1 cm³/mol. The third kappa shape index (κ3) is 2.42. The van der Waals surface area contributed by atoms with Crippen LogP contribution in [0.25, 0.3) is 0 Å².